The van der Waals surface area contributed by atoms with Gasteiger partial charge >= 0.3 is 0 Å². The molecule has 5 aliphatic rings. The van der Waals surface area contributed by atoms with Crippen LogP contribution in [0.3, 0.4) is 0 Å². The summed E-state index contributed by atoms with van der Waals surface area (Å²) in [6.45, 7) is 14.2. The van der Waals surface area contributed by atoms with Gasteiger partial charge in [-0.25, -0.2) is 0 Å². The predicted molar refractivity (Wildman–Crippen MR) is 161 cm³/mol. The van der Waals surface area contributed by atoms with E-state index in [1.54, 1.807) is 5.57 Å². The first-order chi connectivity index (χ1) is 19.4. The van der Waals surface area contributed by atoms with Gasteiger partial charge < -0.3 is 29.9 Å². The van der Waals surface area contributed by atoms with Gasteiger partial charge in [-0.05, 0) is 110 Å². The van der Waals surface area contributed by atoms with Crippen molar-refractivity contribution in [2.24, 2.45) is 52.3 Å². The molecule has 14 atom stereocenters. The Morgan fingerprint density at radius 3 is 2.34 bits per heavy atom. The topological polar surface area (TPSA) is 99.4 Å². The van der Waals surface area contributed by atoms with E-state index in [4.69, 9.17) is 9.47 Å². The van der Waals surface area contributed by atoms with Crippen LogP contribution < -0.4 is 0 Å². The third kappa shape index (κ3) is 5.64. The molecule has 234 valence electrons. The average molecular weight is 575 g/mol. The minimum absolute atomic E-state index is 0.0698. The van der Waals surface area contributed by atoms with Gasteiger partial charge in [0.25, 0.3) is 0 Å². The Kier molecular flexibility index (Phi) is 9.51. The van der Waals surface area contributed by atoms with Gasteiger partial charge in [-0.3, -0.25) is 0 Å². The highest BCUT2D eigenvalue weighted by Gasteiger charge is 2.58. The van der Waals surface area contributed by atoms with Crippen LogP contribution in [0.2, 0.25) is 0 Å². The fourth-order valence-electron chi connectivity index (χ4n) is 10.2. The molecule has 1 aliphatic heterocycles. The molecule has 4 fully saturated rings. The summed E-state index contributed by atoms with van der Waals surface area (Å²) in [5, 5.41) is 40.4. The van der Waals surface area contributed by atoms with Crippen molar-refractivity contribution in [3.63, 3.8) is 0 Å². The summed E-state index contributed by atoms with van der Waals surface area (Å²) in [4.78, 5) is 0. The lowest BCUT2D eigenvalue weighted by atomic mass is 9.47. The minimum atomic E-state index is -1.40. The van der Waals surface area contributed by atoms with Crippen LogP contribution in [0.25, 0.3) is 0 Å². The molecule has 3 saturated carbocycles. The number of ether oxygens (including phenoxy) is 2. The minimum Gasteiger partial charge on any atom is -0.394 e. The SMILES string of the molecule is CCC(C=CC(C)C1CCC2C3=CCC4CC(OC5OC(CO)C(O)C(O)C5O)CCC4(C)C3CCC21C)C(C)C. The van der Waals surface area contributed by atoms with Crippen LogP contribution in [0, 0.1) is 52.3 Å². The van der Waals surface area contributed by atoms with Crippen molar-refractivity contribution in [2.45, 2.75) is 136 Å². The maximum atomic E-state index is 10.5. The Labute approximate surface area is 248 Å². The van der Waals surface area contributed by atoms with Gasteiger partial charge in [0.1, 0.15) is 24.4 Å². The Hall–Kier alpha value is -0.760. The highest BCUT2D eigenvalue weighted by atomic mass is 16.7. The molecule has 6 nitrogen and oxygen atoms in total. The summed E-state index contributed by atoms with van der Waals surface area (Å²) in [5.74, 6) is 4.61. The van der Waals surface area contributed by atoms with E-state index in [0.29, 0.717) is 40.9 Å². The van der Waals surface area contributed by atoms with Crippen LogP contribution >= 0.6 is 0 Å². The zero-order valence-electron chi connectivity index (χ0n) is 26.4. The van der Waals surface area contributed by atoms with Crippen LogP contribution in [0.4, 0.5) is 0 Å². The molecule has 5 rings (SSSR count). The maximum absolute atomic E-state index is 10.5. The van der Waals surface area contributed by atoms with Gasteiger partial charge in [0.05, 0.1) is 12.7 Å². The van der Waals surface area contributed by atoms with Gasteiger partial charge in [-0.15, -0.1) is 0 Å². The van der Waals surface area contributed by atoms with Crippen molar-refractivity contribution in [1.82, 2.24) is 0 Å². The lowest BCUT2D eigenvalue weighted by Gasteiger charge is -2.58. The van der Waals surface area contributed by atoms with E-state index in [9.17, 15) is 20.4 Å². The lowest BCUT2D eigenvalue weighted by Crippen LogP contribution is -2.60. The van der Waals surface area contributed by atoms with Crippen LogP contribution in [-0.2, 0) is 9.47 Å². The van der Waals surface area contributed by atoms with E-state index in [2.05, 4.69) is 59.8 Å². The molecular weight excluding hydrogens is 516 g/mol. The normalized spacial score (nSPS) is 47.9. The average Bonchev–Trinajstić information content (AvgIpc) is 3.30. The molecule has 0 bridgehead atoms. The van der Waals surface area contributed by atoms with Gasteiger partial charge in [-0.1, -0.05) is 65.3 Å². The lowest BCUT2D eigenvalue weighted by molar-refractivity contribution is -0.315. The van der Waals surface area contributed by atoms with Crippen molar-refractivity contribution in [3.05, 3.63) is 23.8 Å². The smallest absolute Gasteiger partial charge is 0.186 e. The van der Waals surface area contributed by atoms with Gasteiger partial charge in [-0.2, -0.15) is 0 Å². The molecule has 1 heterocycles. The summed E-state index contributed by atoms with van der Waals surface area (Å²) in [6.07, 6.45) is 12.0. The third-order valence-electron chi connectivity index (χ3n) is 12.9. The van der Waals surface area contributed by atoms with Crippen LogP contribution in [-0.4, -0.2) is 63.8 Å². The molecular formula is C35H58O6. The van der Waals surface area contributed by atoms with Crippen molar-refractivity contribution in [1.29, 1.82) is 0 Å². The van der Waals surface area contributed by atoms with Crippen molar-refractivity contribution in [3.8, 4) is 0 Å². The van der Waals surface area contributed by atoms with Crippen molar-refractivity contribution in [2.75, 3.05) is 6.61 Å². The van der Waals surface area contributed by atoms with Crippen LogP contribution in [0.1, 0.15) is 99.3 Å². The molecule has 0 radical (unpaired) electrons. The van der Waals surface area contributed by atoms with Crippen LogP contribution in [0.5, 0.6) is 0 Å². The van der Waals surface area contributed by atoms with E-state index in [1.807, 2.05) is 0 Å². The molecule has 0 aromatic heterocycles. The van der Waals surface area contributed by atoms with E-state index in [1.165, 1.54) is 32.1 Å². The second-order valence-corrected chi connectivity index (χ2v) is 15.3. The van der Waals surface area contributed by atoms with E-state index >= 15 is 0 Å². The third-order valence-corrected chi connectivity index (χ3v) is 12.9. The number of aliphatic hydroxyl groups excluding tert-OH is 4. The summed E-state index contributed by atoms with van der Waals surface area (Å²) >= 11 is 0. The zero-order chi connectivity index (χ0) is 29.7. The molecule has 0 aromatic rings. The van der Waals surface area contributed by atoms with Crippen molar-refractivity contribution < 1.29 is 29.9 Å². The summed E-state index contributed by atoms with van der Waals surface area (Å²) < 4.78 is 11.9. The van der Waals surface area contributed by atoms with Crippen molar-refractivity contribution >= 4 is 0 Å². The second kappa shape index (κ2) is 12.3. The fourth-order valence-corrected chi connectivity index (χ4v) is 10.2. The molecule has 4 aliphatic carbocycles. The van der Waals surface area contributed by atoms with E-state index in [0.717, 1.165) is 31.6 Å². The van der Waals surface area contributed by atoms with Crippen LogP contribution in [0.15, 0.2) is 23.8 Å². The standard InChI is InChI=1S/C35H58O6/c1-7-22(20(2)3)9-8-21(4)26-12-13-27-25-11-10-23-18-24(14-16-34(23,5)28(25)15-17-35(26,27)6)40-33-32(39)31(38)30(37)29(19-36)41-33/h8-9,11,20-24,26-33,36-39H,7,10,12-19H2,1-6H3. The summed E-state index contributed by atoms with van der Waals surface area (Å²) in [7, 11) is 0. The molecule has 4 N–H and O–H groups in total. The van der Waals surface area contributed by atoms with Gasteiger partial charge in [0.15, 0.2) is 6.29 Å². The molecule has 6 heteroatoms. The van der Waals surface area contributed by atoms with E-state index < -0.39 is 37.3 Å². The van der Waals surface area contributed by atoms with E-state index in [-0.39, 0.29) is 11.5 Å². The Bertz CT molecular complexity index is 960. The number of hydrogen-bond acceptors (Lipinski definition) is 6. The van der Waals surface area contributed by atoms with Gasteiger partial charge in [0.2, 0.25) is 0 Å². The zero-order valence-corrected chi connectivity index (χ0v) is 26.4. The molecule has 14 unspecified atom stereocenters. The Morgan fingerprint density at radius 1 is 0.951 bits per heavy atom. The molecule has 0 spiro atoms. The number of fused-ring (bicyclic) bond motifs is 5. The fraction of sp³-hybridized carbons (Fsp3) is 0.886. The maximum Gasteiger partial charge on any atom is 0.186 e. The summed E-state index contributed by atoms with van der Waals surface area (Å²) in [6, 6.07) is 0. The first-order valence-electron chi connectivity index (χ1n) is 16.8. The predicted octanol–water partition coefficient (Wildman–Crippen LogP) is 5.63. The first-order valence-corrected chi connectivity index (χ1v) is 16.8. The monoisotopic (exact) mass is 574 g/mol. The second-order valence-electron chi connectivity index (χ2n) is 15.3. The van der Waals surface area contributed by atoms with Gasteiger partial charge in [0, 0.05) is 0 Å². The summed E-state index contributed by atoms with van der Waals surface area (Å²) in [5.41, 5.74) is 2.41. The largest absolute Gasteiger partial charge is 0.394 e. The molecule has 0 aromatic carbocycles. The molecule has 0 amide bonds. The molecule has 41 heavy (non-hydrogen) atoms. The number of aliphatic hydroxyl groups is 4. The molecule has 1 saturated heterocycles. The quantitative estimate of drug-likeness (QED) is 0.281. The number of hydrogen-bond donors (Lipinski definition) is 4. The highest BCUT2D eigenvalue weighted by Crippen LogP contribution is 2.67. The highest BCUT2D eigenvalue weighted by molar-refractivity contribution is 5.28. The first kappa shape index (κ1) is 31.7. The number of rotatable bonds is 8. The Morgan fingerprint density at radius 2 is 1.66 bits per heavy atom. The number of allylic oxidation sites excluding steroid dienone is 4. The Balaban J connectivity index is 1.26.